The summed E-state index contributed by atoms with van der Waals surface area (Å²) in [4.78, 5) is 23.5. The van der Waals surface area contributed by atoms with Crippen LogP contribution in [0.1, 0.15) is 22.8 Å². The molecule has 5 nitrogen and oxygen atoms in total. The quantitative estimate of drug-likeness (QED) is 0.600. The number of hydrogen-bond acceptors (Lipinski definition) is 3. The molecule has 27 heavy (non-hydrogen) atoms. The van der Waals surface area contributed by atoms with Gasteiger partial charge in [0.1, 0.15) is 12.4 Å². The van der Waals surface area contributed by atoms with Crippen LogP contribution in [0.25, 0.3) is 0 Å². The Labute approximate surface area is 158 Å². The molecule has 0 atom stereocenters. The normalized spacial score (nSPS) is 10.1. The number of anilines is 2. The third-order valence-electron chi connectivity index (χ3n) is 3.89. The van der Waals surface area contributed by atoms with Crippen molar-refractivity contribution in [1.82, 2.24) is 0 Å². The zero-order valence-electron chi connectivity index (χ0n) is 14.9. The molecule has 0 saturated carbocycles. The third-order valence-corrected chi connectivity index (χ3v) is 3.89. The molecule has 0 aromatic heterocycles. The molecule has 0 saturated heterocycles. The molecule has 0 aliphatic heterocycles. The van der Waals surface area contributed by atoms with Crippen LogP contribution >= 0.6 is 0 Å². The Morgan fingerprint density at radius 1 is 0.815 bits per heavy atom. The van der Waals surface area contributed by atoms with Crippen molar-refractivity contribution in [3.63, 3.8) is 0 Å². The van der Waals surface area contributed by atoms with Crippen LogP contribution in [0, 0.1) is 0 Å². The maximum Gasteiger partial charge on any atom is 0.323 e. The Kier molecular flexibility index (Phi) is 5.84. The smallest absolute Gasteiger partial charge is 0.323 e. The van der Waals surface area contributed by atoms with Crippen LogP contribution in [0.5, 0.6) is 5.75 Å². The summed E-state index contributed by atoms with van der Waals surface area (Å²) in [6.07, 6.45) is 0. The number of rotatable bonds is 6. The molecule has 3 aromatic rings. The fraction of sp³-hybridized carbons (Fsp3) is 0.0909. The number of ether oxygens (including phenoxy) is 1. The third kappa shape index (κ3) is 5.44. The minimum atomic E-state index is -0.381. The first kappa shape index (κ1) is 18.2. The molecular weight excluding hydrogens is 340 g/mol. The van der Waals surface area contributed by atoms with Crippen LogP contribution in [-0.2, 0) is 6.61 Å². The van der Waals surface area contributed by atoms with E-state index in [0.29, 0.717) is 23.5 Å². The summed E-state index contributed by atoms with van der Waals surface area (Å²) in [5.41, 5.74) is 2.84. The minimum absolute atomic E-state index is 0.0508. The van der Waals surface area contributed by atoms with E-state index < -0.39 is 0 Å². The number of nitrogens with one attached hydrogen (secondary N) is 2. The highest BCUT2D eigenvalue weighted by atomic mass is 16.5. The van der Waals surface area contributed by atoms with Gasteiger partial charge in [-0.05, 0) is 48.9 Å². The van der Waals surface area contributed by atoms with Gasteiger partial charge in [-0.3, -0.25) is 4.79 Å². The first-order valence-corrected chi connectivity index (χ1v) is 8.56. The second-order valence-electron chi connectivity index (χ2n) is 6.01. The van der Waals surface area contributed by atoms with Crippen molar-refractivity contribution in [2.24, 2.45) is 0 Å². The standard InChI is InChI=1S/C22H20N2O3/c1-16(25)18-8-5-9-20(14-18)24-22(26)23-19-10-12-21(13-11-19)27-15-17-6-3-2-4-7-17/h2-14H,15H2,1H3,(H2,23,24,26). The summed E-state index contributed by atoms with van der Waals surface area (Å²) in [6.45, 7) is 1.97. The van der Waals surface area contributed by atoms with E-state index in [2.05, 4.69) is 10.6 Å². The molecule has 2 amide bonds. The van der Waals surface area contributed by atoms with Gasteiger partial charge in [0, 0.05) is 16.9 Å². The Morgan fingerprint density at radius 3 is 2.22 bits per heavy atom. The van der Waals surface area contributed by atoms with Gasteiger partial charge in [-0.1, -0.05) is 42.5 Å². The van der Waals surface area contributed by atoms with Crippen molar-refractivity contribution in [3.05, 3.63) is 90.0 Å². The molecule has 136 valence electrons. The van der Waals surface area contributed by atoms with Gasteiger partial charge in [0.15, 0.2) is 5.78 Å². The fourth-order valence-corrected chi connectivity index (χ4v) is 2.48. The van der Waals surface area contributed by atoms with E-state index in [4.69, 9.17) is 4.74 Å². The van der Waals surface area contributed by atoms with E-state index >= 15 is 0 Å². The number of carbonyl (C=O) groups is 2. The van der Waals surface area contributed by atoms with Crippen LogP contribution in [-0.4, -0.2) is 11.8 Å². The van der Waals surface area contributed by atoms with E-state index in [9.17, 15) is 9.59 Å². The summed E-state index contributed by atoms with van der Waals surface area (Å²) < 4.78 is 5.72. The Morgan fingerprint density at radius 2 is 1.52 bits per heavy atom. The van der Waals surface area contributed by atoms with E-state index in [1.165, 1.54) is 6.92 Å². The number of Topliss-reactive ketones (excluding diaryl/α,β-unsaturated/α-hetero) is 1. The van der Waals surface area contributed by atoms with Crippen molar-refractivity contribution in [3.8, 4) is 5.75 Å². The van der Waals surface area contributed by atoms with Gasteiger partial charge in [-0.2, -0.15) is 0 Å². The van der Waals surface area contributed by atoms with Gasteiger partial charge in [-0.25, -0.2) is 4.79 Å². The molecule has 0 heterocycles. The summed E-state index contributed by atoms with van der Waals surface area (Å²) in [6, 6.07) is 23.5. The largest absolute Gasteiger partial charge is 0.489 e. The number of benzene rings is 3. The monoisotopic (exact) mass is 360 g/mol. The van der Waals surface area contributed by atoms with Crippen molar-refractivity contribution in [2.75, 3.05) is 10.6 Å². The van der Waals surface area contributed by atoms with Gasteiger partial charge in [0.2, 0.25) is 0 Å². The number of hydrogen-bond donors (Lipinski definition) is 2. The molecule has 3 aromatic carbocycles. The van der Waals surface area contributed by atoms with E-state index in [1.807, 2.05) is 30.3 Å². The topological polar surface area (TPSA) is 67.4 Å². The van der Waals surface area contributed by atoms with Gasteiger partial charge in [0.05, 0.1) is 0 Å². The average molecular weight is 360 g/mol. The lowest BCUT2D eigenvalue weighted by Gasteiger charge is -2.10. The molecule has 2 N–H and O–H groups in total. The SMILES string of the molecule is CC(=O)c1cccc(NC(=O)Nc2ccc(OCc3ccccc3)cc2)c1. The maximum absolute atomic E-state index is 12.1. The molecule has 0 unspecified atom stereocenters. The number of ketones is 1. The molecular formula is C22H20N2O3. The molecule has 0 bridgehead atoms. The van der Waals surface area contributed by atoms with Gasteiger partial charge >= 0.3 is 6.03 Å². The van der Waals surface area contributed by atoms with Gasteiger partial charge in [-0.15, -0.1) is 0 Å². The summed E-state index contributed by atoms with van der Waals surface area (Å²) >= 11 is 0. The maximum atomic E-state index is 12.1. The lowest BCUT2D eigenvalue weighted by Crippen LogP contribution is -2.19. The molecule has 0 aliphatic rings. The van der Waals surface area contributed by atoms with Crippen LogP contribution in [0.4, 0.5) is 16.2 Å². The first-order valence-electron chi connectivity index (χ1n) is 8.56. The lowest BCUT2D eigenvalue weighted by atomic mass is 10.1. The van der Waals surface area contributed by atoms with Crippen LogP contribution < -0.4 is 15.4 Å². The second kappa shape index (κ2) is 8.67. The van der Waals surface area contributed by atoms with E-state index in [1.54, 1.807) is 48.5 Å². The highest BCUT2D eigenvalue weighted by molar-refractivity contribution is 6.01. The van der Waals surface area contributed by atoms with Gasteiger partial charge in [0.25, 0.3) is 0 Å². The Hall–Kier alpha value is -3.60. The van der Waals surface area contributed by atoms with Gasteiger partial charge < -0.3 is 15.4 Å². The summed E-state index contributed by atoms with van der Waals surface area (Å²) in [7, 11) is 0. The van der Waals surface area contributed by atoms with Crippen LogP contribution in [0.2, 0.25) is 0 Å². The fourth-order valence-electron chi connectivity index (χ4n) is 2.48. The molecule has 0 radical (unpaired) electrons. The minimum Gasteiger partial charge on any atom is -0.489 e. The van der Waals surface area contributed by atoms with Crippen molar-refractivity contribution >= 4 is 23.2 Å². The second-order valence-corrected chi connectivity index (χ2v) is 6.01. The molecule has 3 rings (SSSR count). The zero-order chi connectivity index (χ0) is 19.1. The van der Waals surface area contributed by atoms with Crippen LogP contribution in [0.3, 0.4) is 0 Å². The van der Waals surface area contributed by atoms with E-state index in [0.717, 1.165) is 11.3 Å². The summed E-state index contributed by atoms with van der Waals surface area (Å²) in [5.74, 6) is 0.670. The molecule has 0 spiro atoms. The number of carbonyl (C=O) groups excluding carboxylic acids is 2. The Balaban J connectivity index is 1.54. The van der Waals surface area contributed by atoms with Crippen molar-refractivity contribution < 1.29 is 14.3 Å². The average Bonchev–Trinajstić information content (AvgIpc) is 2.68. The predicted molar refractivity (Wildman–Crippen MR) is 106 cm³/mol. The van der Waals surface area contributed by atoms with Crippen molar-refractivity contribution in [1.29, 1.82) is 0 Å². The highest BCUT2D eigenvalue weighted by Crippen LogP contribution is 2.18. The first-order chi connectivity index (χ1) is 13.1. The molecule has 0 fully saturated rings. The Bertz CT molecular complexity index is 922. The number of amides is 2. The highest BCUT2D eigenvalue weighted by Gasteiger charge is 2.05. The van der Waals surface area contributed by atoms with E-state index in [-0.39, 0.29) is 11.8 Å². The number of urea groups is 1. The molecule has 5 heteroatoms. The zero-order valence-corrected chi connectivity index (χ0v) is 14.9. The van der Waals surface area contributed by atoms with Crippen molar-refractivity contribution in [2.45, 2.75) is 13.5 Å². The lowest BCUT2D eigenvalue weighted by molar-refractivity contribution is 0.101. The van der Waals surface area contributed by atoms with Crippen LogP contribution in [0.15, 0.2) is 78.9 Å². The predicted octanol–water partition coefficient (Wildman–Crippen LogP) is 5.11. The molecule has 0 aliphatic carbocycles. The summed E-state index contributed by atoms with van der Waals surface area (Å²) in [5, 5.41) is 5.46.